The zero-order valence-electron chi connectivity index (χ0n) is 16.2. The summed E-state index contributed by atoms with van der Waals surface area (Å²) in [5.41, 5.74) is 1.54. The average molecular weight is 398 g/mol. The summed E-state index contributed by atoms with van der Waals surface area (Å²) >= 11 is 1.50. The maximum absolute atomic E-state index is 12.6. The van der Waals surface area contributed by atoms with Crippen LogP contribution in [0.5, 0.6) is 0 Å². The summed E-state index contributed by atoms with van der Waals surface area (Å²) in [4.78, 5) is 25.7. The largest absolute Gasteiger partial charge is 0.324 e. The van der Waals surface area contributed by atoms with Gasteiger partial charge in [-0.15, -0.1) is 10.2 Å². The molecule has 1 N–H and O–H groups in total. The molecule has 0 spiro atoms. The number of piperidine rings is 1. The minimum Gasteiger partial charge on any atom is -0.324 e. The molecule has 9 heteroatoms. The van der Waals surface area contributed by atoms with Crippen LogP contribution >= 0.6 is 11.3 Å². The number of amides is 2. The van der Waals surface area contributed by atoms with E-state index in [4.69, 9.17) is 0 Å². The number of likely N-dealkylation sites (tertiary alicyclic amines) is 1. The number of pyridine rings is 2. The van der Waals surface area contributed by atoms with Crippen LogP contribution in [0.25, 0.3) is 21.6 Å². The summed E-state index contributed by atoms with van der Waals surface area (Å²) in [5.74, 6) is 0.505. The lowest BCUT2D eigenvalue weighted by Crippen LogP contribution is -2.46. The Hall–Kier alpha value is -2.65. The number of nitrogens with one attached hydrogen (secondary N) is 1. The Labute approximate surface area is 167 Å². The molecule has 0 aromatic carbocycles. The number of urea groups is 1. The van der Waals surface area contributed by atoms with Crippen LogP contribution in [0.15, 0.2) is 24.4 Å². The normalized spacial score (nSPS) is 15.4. The van der Waals surface area contributed by atoms with Crippen LogP contribution in [-0.2, 0) is 0 Å². The Morgan fingerprint density at radius 3 is 2.71 bits per heavy atom. The van der Waals surface area contributed by atoms with E-state index in [1.54, 1.807) is 12.3 Å². The van der Waals surface area contributed by atoms with E-state index in [1.165, 1.54) is 11.3 Å². The molecule has 0 saturated carbocycles. The highest BCUT2D eigenvalue weighted by Gasteiger charge is 2.24. The molecule has 0 aliphatic carbocycles. The number of aryl methyl sites for hydroxylation is 1. The predicted octanol–water partition coefficient (Wildman–Crippen LogP) is 3.01. The third-order valence-corrected chi connectivity index (χ3v) is 5.90. The summed E-state index contributed by atoms with van der Waals surface area (Å²) in [5, 5.41) is 13.7. The van der Waals surface area contributed by atoms with Gasteiger partial charge >= 0.3 is 6.03 Å². The lowest BCUT2D eigenvalue weighted by atomic mass is 10.0. The van der Waals surface area contributed by atoms with Gasteiger partial charge in [0.25, 0.3) is 0 Å². The number of carbonyl (C=O) groups excluding carboxylic acids is 1. The van der Waals surface area contributed by atoms with Crippen LogP contribution in [-0.4, -0.2) is 69.2 Å². The topological polar surface area (TPSA) is 87.1 Å². The van der Waals surface area contributed by atoms with Crippen molar-refractivity contribution >= 4 is 34.1 Å². The zero-order chi connectivity index (χ0) is 19.7. The first kappa shape index (κ1) is 18.7. The molecule has 4 rings (SSSR count). The summed E-state index contributed by atoms with van der Waals surface area (Å²) in [6, 6.07) is 6.10. The Morgan fingerprint density at radius 2 is 2.04 bits per heavy atom. The van der Waals surface area contributed by atoms with Crippen molar-refractivity contribution < 1.29 is 4.79 Å². The number of nitrogens with zero attached hydrogens (tertiary/aromatic N) is 6. The van der Waals surface area contributed by atoms with Gasteiger partial charge in [0, 0.05) is 36.8 Å². The molecule has 2 amide bonds. The van der Waals surface area contributed by atoms with Gasteiger partial charge < -0.3 is 9.80 Å². The van der Waals surface area contributed by atoms with Gasteiger partial charge in [-0.3, -0.25) is 5.32 Å². The molecule has 28 heavy (non-hydrogen) atoms. The van der Waals surface area contributed by atoms with E-state index in [9.17, 15) is 4.79 Å². The first-order valence-corrected chi connectivity index (χ1v) is 10.1. The maximum Gasteiger partial charge on any atom is 0.323 e. The summed E-state index contributed by atoms with van der Waals surface area (Å²) < 4.78 is 0. The molecular formula is C19H23N7OS. The van der Waals surface area contributed by atoms with Gasteiger partial charge in [0.05, 0.1) is 5.52 Å². The zero-order valence-corrected chi connectivity index (χ0v) is 17.0. The van der Waals surface area contributed by atoms with Crippen molar-refractivity contribution in [2.45, 2.75) is 25.8 Å². The van der Waals surface area contributed by atoms with E-state index in [1.807, 2.05) is 24.0 Å². The second-order valence-electron chi connectivity index (χ2n) is 7.20. The Kier molecular flexibility index (Phi) is 5.19. The highest BCUT2D eigenvalue weighted by molar-refractivity contribution is 7.14. The number of carbonyl (C=O) groups is 1. The van der Waals surface area contributed by atoms with Crippen LogP contribution in [0.3, 0.4) is 0 Å². The fourth-order valence-corrected chi connectivity index (χ4v) is 4.04. The number of anilines is 1. The highest BCUT2D eigenvalue weighted by Crippen LogP contribution is 2.24. The van der Waals surface area contributed by atoms with Crippen molar-refractivity contribution in [3.8, 4) is 10.7 Å². The number of hydrogen-bond acceptors (Lipinski definition) is 7. The number of fused-ring (bicyclic) bond motifs is 1. The standard InChI is InChI=1S/C19H23N7OS/c1-12-23-24-18(28-12)15-5-4-13-11-20-17(10-16(13)21-15)22-19(27)26-8-6-14(7-9-26)25(2)3/h4-5,10-11,14H,6-9H2,1-3H3,(H,20,22,27). The molecule has 3 aromatic heterocycles. The van der Waals surface area contributed by atoms with E-state index in [0.29, 0.717) is 11.9 Å². The SMILES string of the molecule is Cc1nnc(-c2ccc3cnc(NC(=O)N4CCC(N(C)C)CC4)cc3n2)s1. The van der Waals surface area contributed by atoms with E-state index < -0.39 is 0 Å². The first-order chi connectivity index (χ1) is 13.5. The molecule has 1 fully saturated rings. The molecule has 1 saturated heterocycles. The lowest BCUT2D eigenvalue weighted by molar-refractivity contribution is 0.156. The molecule has 146 valence electrons. The summed E-state index contributed by atoms with van der Waals surface area (Å²) in [7, 11) is 4.17. The van der Waals surface area contributed by atoms with Gasteiger partial charge in [-0.2, -0.15) is 0 Å². The van der Waals surface area contributed by atoms with Gasteiger partial charge in [0.1, 0.15) is 16.5 Å². The molecule has 0 unspecified atom stereocenters. The minimum absolute atomic E-state index is 0.111. The number of hydrogen-bond donors (Lipinski definition) is 1. The molecular weight excluding hydrogens is 374 g/mol. The van der Waals surface area contributed by atoms with Crippen molar-refractivity contribution in [1.29, 1.82) is 0 Å². The Morgan fingerprint density at radius 1 is 1.25 bits per heavy atom. The first-order valence-electron chi connectivity index (χ1n) is 9.29. The van der Waals surface area contributed by atoms with Crippen molar-refractivity contribution in [3.63, 3.8) is 0 Å². The van der Waals surface area contributed by atoms with Crippen LogP contribution in [0.4, 0.5) is 10.6 Å². The quantitative estimate of drug-likeness (QED) is 0.731. The third kappa shape index (κ3) is 3.95. The molecule has 8 nitrogen and oxygen atoms in total. The number of rotatable bonds is 3. The van der Waals surface area contributed by atoms with Gasteiger partial charge in [-0.25, -0.2) is 14.8 Å². The predicted molar refractivity (Wildman–Crippen MR) is 110 cm³/mol. The van der Waals surface area contributed by atoms with Crippen LogP contribution in [0, 0.1) is 6.92 Å². The van der Waals surface area contributed by atoms with E-state index in [-0.39, 0.29) is 6.03 Å². The average Bonchev–Trinajstić information content (AvgIpc) is 3.14. The monoisotopic (exact) mass is 397 g/mol. The van der Waals surface area contributed by atoms with Crippen molar-refractivity contribution in [2.24, 2.45) is 0 Å². The van der Waals surface area contributed by atoms with Gasteiger partial charge in [0.2, 0.25) is 0 Å². The summed E-state index contributed by atoms with van der Waals surface area (Å²) in [6.45, 7) is 3.42. The molecule has 3 aromatic rings. The molecule has 4 heterocycles. The Bertz CT molecular complexity index is 995. The minimum atomic E-state index is -0.111. The van der Waals surface area contributed by atoms with Crippen molar-refractivity contribution in [1.82, 2.24) is 30.0 Å². The van der Waals surface area contributed by atoms with Crippen LogP contribution in [0.1, 0.15) is 17.8 Å². The highest BCUT2D eigenvalue weighted by atomic mass is 32.1. The molecule has 0 radical (unpaired) electrons. The van der Waals surface area contributed by atoms with Crippen molar-refractivity contribution in [2.75, 3.05) is 32.5 Å². The third-order valence-electron chi connectivity index (χ3n) is 5.04. The van der Waals surface area contributed by atoms with Gasteiger partial charge in [-0.05, 0) is 46.0 Å². The second-order valence-corrected chi connectivity index (χ2v) is 8.38. The van der Waals surface area contributed by atoms with Gasteiger partial charge in [-0.1, -0.05) is 11.3 Å². The van der Waals surface area contributed by atoms with E-state index in [2.05, 4.69) is 44.5 Å². The van der Waals surface area contributed by atoms with Crippen LogP contribution < -0.4 is 5.32 Å². The maximum atomic E-state index is 12.6. The molecule has 0 atom stereocenters. The fourth-order valence-electron chi connectivity index (χ4n) is 3.38. The molecule has 0 bridgehead atoms. The summed E-state index contributed by atoms with van der Waals surface area (Å²) in [6.07, 6.45) is 3.70. The van der Waals surface area contributed by atoms with E-state index in [0.717, 1.165) is 52.5 Å². The molecule has 1 aliphatic rings. The fraction of sp³-hybridized carbons (Fsp3) is 0.421. The van der Waals surface area contributed by atoms with E-state index >= 15 is 0 Å². The van der Waals surface area contributed by atoms with Gasteiger partial charge in [0.15, 0.2) is 5.01 Å². The van der Waals surface area contributed by atoms with Crippen molar-refractivity contribution in [3.05, 3.63) is 29.4 Å². The van der Waals surface area contributed by atoms with Crippen LogP contribution in [0.2, 0.25) is 0 Å². The Balaban J connectivity index is 1.49. The lowest BCUT2D eigenvalue weighted by Gasteiger charge is -2.35. The number of aromatic nitrogens is 4. The second kappa shape index (κ2) is 7.76. The smallest absolute Gasteiger partial charge is 0.323 e. The molecule has 1 aliphatic heterocycles.